The van der Waals surface area contributed by atoms with Gasteiger partial charge in [-0.05, 0) is 55.5 Å². The van der Waals surface area contributed by atoms with E-state index in [4.69, 9.17) is 0 Å². The van der Waals surface area contributed by atoms with E-state index in [2.05, 4.69) is 60.6 Å². The van der Waals surface area contributed by atoms with Crippen LogP contribution in [0.25, 0.3) is 16.6 Å². The van der Waals surface area contributed by atoms with Crippen LogP contribution in [0.1, 0.15) is 5.69 Å². The van der Waals surface area contributed by atoms with Gasteiger partial charge in [0.25, 0.3) is 0 Å². The lowest BCUT2D eigenvalue weighted by molar-refractivity contribution is 1.11. The number of nitrogens with one attached hydrogen (secondary N) is 2. The van der Waals surface area contributed by atoms with Crippen molar-refractivity contribution in [2.75, 3.05) is 10.6 Å². The quantitative estimate of drug-likeness (QED) is 0.407. The van der Waals surface area contributed by atoms with E-state index in [0.717, 1.165) is 39.5 Å². The molecule has 0 atom stereocenters. The Morgan fingerprint density at radius 1 is 0.767 bits per heavy atom. The minimum atomic E-state index is 0.564. The van der Waals surface area contributed by atoms with E-state index in [-0.39, 0.29) is 0 Å². The van der Waals surface area contributed by atoms with Gasteiger partial charge in [-0.15, -0.1) is 0 Å². The number of pyridine rings is 1. The molecule has 0 aliphatic heterocycles. The van der Waals surface area contributed by atoms with E-state index in [9.17, 15) is 0 Å². The smallest absolute Gasteiger partial charge is 0.229 e. The van der Waals surface area contributed by atoms with E-state index in [1.54, 1.807) is 12.4 Å². The second-order valence-corrected chi connectivity index (χ2v) is 7.00. The highest BCUT2D eigenvalue weighted by molar-refractivity contribution is 5.86. The maximum atomic E-state index is 4.61. The lowest BCUT2D eigenvalue weighted by atomic mass is 10.2. The summed E-state index contributed by atoms with van der Waals surface area (Å²) in [6, 6.07) is 24.2. The molecular formula is C24H20N6. The second-order valence-electron chi connectivity index (χ2n) is 7.00. The van der Waals surface area contributed by atoms with Crippen LogP contribution in [0.5, 0.6) is 0 Å². The van der Waals surface area contributed by atoms with E-state index in [1.165, 1.54) is 0 Å². The molecule has 0 radical (unpaired) electrons. The van der Waals surface area contributed by atoms with E-state index in [0.29, 0.717) is 5.95 Å². The molecule has 0 aliphatic rings. The largest absolute Gasteiger partial charge is 0.340 e. The summed E-state index contributed by atoms with van der Waals surface area (Å²) in [4.78, 5) is 13.2. The van der Waals surface area contributed by atoms with Crippen molar-refractivity contribution in [3.05, 3.63) is 97.1 Å². The predicted octanol–water partition coefficient (Wildman–Crippen LogP) is 5.61. The molecule has 0 saturated heterocycles. The monoisotopic (exact) mass is 392 g/mol. The van der Waals surface area contributed by atoms with Crippen LogP contribution in [-0.4, -0.2) is 19.5 Å². The molecule has 0 spiro atoms. The molecule has 5 rings (SSSR count). The molecule has 0 amide bonds. The highest BCUT2D eigenvalue weighted by Crippen LogP contribution is 2.26. The Kier molecular flexibility index (Phi) is 4.57. The van der Waals surface area contributed by atoms with Crippen molar-refractivity contribution in [2.24, 2.45) is 0 Å². The topological polar surface area (TPSA) is 67.7 Å². The summed E-state index contributed by atoms with van der Waals surface area (Å²) in [7, 11) is 0. The molecular weight excluding hydrogens is 372 g/mol. The molecule has 0 fully saturated rings. The van der Waals surface area contributed by atoms with E-state index >= 15 is 0 Å². The van der Waals surface area contributed by atoms with Gasteiger partial charge in [-0.3, -0.25) is 4.98 Å². The van der Waals surface area contributed by atoms with Gasteiger partial charge >= 0.3 is 0 Å². The van der Waals surface area contributed by atoms with Gasteiger partial charge in [0, 0.05) is 52.8 Å². The van der Waals surface area contributed by atoms with Gasteiger partial charge in [0.05, 0.1) is 5.52 Å². The fraction of sp³-hybridized carbons (Fsp3) is 0.0417. The van der Waals surface area contributed by atoms with Crippen molar-refractivity contribution in [1.29, 1.82) is 0 Å². The number of aromatic nitrogens is 4. The fourth-order valence-electron chi connectivity index (χ4n) is 3.44. The molecule has 146 valence electrons. The summed E-state index contributed by atoms with van der Waals surface area (Å²) in [6.07, 6.45) is 5.67. The first-order valence-electron chi connectivity index (χ1n) is 9.71. The Morgan fingerprint density at radius 2 is 1.60 bits per heavy atom. The summed E-state index contributed by atoms with van der Waals surface area (Å²) in [5, 5.41) is 7.80. The van der Waals surface area contributed by atoms with Gasteiger partial charge in [0.15, 0.2) is 0 Å². The number of aryl methyl sites for hydroxylation is 1. The Labute approximate surface area is 174 Å². The van der Waals surface area contributed by atoms with E-state index < -0.39 is 0 Å². The number of nitrogens with zero attached hydrogens (tertiary/aromatic N) is 4. The Hall–Kier alpha value is -4.19. The van der Waals surface area contributed by atoms with Crippen LogP contribution in [0.4, 0.5) is 23.1 Å². The number of hydrogen-bond acceptors (Lipinski definition) is 5. The third-order valence-electron chi connectivity index (χ3n) is 4.79. The first-order chi connectivity index (χ1) is 14.7. The number of para-hydroxylation sites is 1. The Balaban J connectivity index is 1.42. The molecule has 0 unspecified atom stereocenters. The number of hydrogen-bond donors (Lipinski definition) is 2. The fourth-order valence-corrected chi connectivity index (χ4v) is 3.44. The summed E-state index contributed by atoms with van der Waals surface area (Å²) < 4.78 is 2.15. The maximum absolute atomic E-state index is 4.61. The van der Waals surface area contributed by atoms with Crippen LogP contribution >= 0.6 is 0 Å². The van der Waals surface area contributed by atoms with E-state index in [1.807, 2.05) is 55.5 Å². The van der Waals surface area contributed by atoms with Crippen molar-refractivity contribution >= 4 is 34.0 Å². The minimum absolute atomic E-state index is 0.564. The zero-order chi connectivity index (χ0) is 20.3. The average molecular weight is 392 g/mol. The summed E-state index contributed by atoms with van der Waals surface area (Å²) in [5.74, 6) is 1.31. The molecule has 2 N–H and O–H groups in total. The first-order valence-corrected chi connectivity index (χ1v) is 9.71. The van der Waals surface area contributed by atoms with Gasteiger partial charge in [-0.1, -0.05) is 18.2 Å². The molecule has 6 heteroatoms. The predicted molar refractivity (Wildman–Crippen MR) is 121 cm³/mol. The maximum Gasteiger partial charge on any atom is 0.229 e. The van der Waals surface area contributed by atoms with Gasteiger partial charge in [-0.2, -0.15) is 4.98 Å². The SMILES string of the molecule is Cc1cc(Nc2ccc3c(ccn3-c3ccncc3)c2)nc(Nc2ccccc2)n1. The van der Waals surface area contributed by atoms with Crippen LogP contribution < -0.4 is 10.6 Å². The zero-order valence-corrected chi connectivity index (χ0v) is 16.4. The molecule has 5 aromatic rings. The van der Waals surface area contributed by atoms with Gasteiger partial charge in [0.1, 0.15) is 5.82 Å². The molecule has 30 heavy (non-hydrogen) atoms. The number of benzene rings is 2. The molecule has 0 aliphatic carbocycles. The normalized spacial score (nSPS) is 10.8. The van der Waals surface area contributed by atoms with Gasteiger partial charge in [-0.25, -0.2) is 4.98 Å². The molecule has 0 saturated carbocycles. The summed E-state index contributed by atoms with van der Waals surface area (Å²) >= 11 is 0. The standard InChI is InChI=1S/C24H20N6/c1-17-15-23(29-24(26-17)28-19-5-3-2-4-6-19)27-20-7-8-22-18(16-20)11-14-30(22)21-9-12-25-13-10-21/h2-16H,1H3,(H2,26,27,28,29). The minimum Gasteiger partial charge on any atom is -0.340 e. The lowest BCUT2D eigenvalue weighted by Gasteiger charge is -2.11. The molecule has 3 aromatic heterocycles. The highest BCUT2D eigenvalue weighted by Gasteiger charge is 2.07. The van der Waals surface area contributed by atoms with Crippen molar-refractivity contribution in [3.8, 4) is 5.69 Å². The Morgan fingerprint density at radius 3 is 2.43 bits per heavy atom. The van der Waals surface area contributed by atoms with Crippen molar-refractivity contribution in [3.63, 3.8) is 0 Å². The third kappa shape index (κ3) is 3.71. The second kappa shape index (κ2) is 7.67. The van der Waals surface area contributed by atoms with Crippen LogP contribution in [0.3, 0.4) is 0 Å². The average Bonchev–Trinajstić information content (AvgIpc) is 3.18. The number of rotatable bonds is 5. The molecule has 2 aromatic carbocycles. The zero-order valence-electron chi connectivity index (χ0n) is 16.4. The third-order valence-corrected chi connectivity index (χ3v) is 4.79. The molecule has 0 bridgehead atoms. The lowest BCUT2D eigenvalue weighted by Crippen LogP contribution is -2.02. The van der Waals surface area contributed by atoms with Gasteiger partial charge < -0.3 is 15.2 Å². The van der Waals surface area contributed by atoms with Gasteiger partial charge in [0.2, 0.25) is 5.95 Å². The Bertz CT molecular complexity index is 1300. The van der Waals surface area contributed by atoms with Crippen LogP contribution in [-0.2, 0) is 0 Å². The summed E-state index contributed by atoms with van der Waals surface area (Å²) in [6.45, 7) is 1.96. The number of anilines is 4. The van der Waals surface area contributed by atoms with Crippen LogP contribution in [0, 0.1) is 6.92 Å². The highest BCUT2D eigenvalue weighted by atomic mass is 15.1. The van der Waals surface area contributed by atoms with Crippen molar-refractivity contribution in [2.45, 2.75) is 6.92 Å². The van der Waals surface area contributed by atoms with Crippen molar-refractivity contribution in [1.82, 2.24) is 19.5 Å². The molecule has 6 nitrogen and oxygen atoms in total. The first kappa shape index (κ1) is 17.9. The van der Waals surface area contributed by atoms with Crippen molar-refractivity contribution < 1.29 is 0 Å². The number of fused-ring (bicyclic) bond motifs is 1. The van der Waals surface area contributed by atoms with Crippen LogP contribution in [0.15, 0.2) is 91.4 Å². The van der Waals surface area contributed by atoms with Crippen LogP contribution in [0.2, 0.25) is 0 Å². The summed E-state index contributed by atoms with van der Waals surface area (Å²) in [5.41, 5.74) is 5.03. The molecule has 3 heterocycles.